The van der Waals surface area contributed by atoms with Crippen LogP contribution in [0.4, 0.5) is 0 Å². The van der Waals surface area contributed by atoms with Crippen LogP contribution in [0.25, 0.3) is 0 Å². The summed E-state index contributed by atoms with van der Waals surface area (Å²) in [6.45, 7) is 5.99. The van der Waals surface area contributed by atoms with Gasteiger partial charge in [-0.05, 0) is 63.1 Å². The van der Waals surface area contributed by atoms with Crippen LogP contribution >= 0.6 is 0 Å². The molecule has 1 aliphatic rings. The van der Waals surface area contributed by atoms with Crippen LogP contribution in [0.5, 0.6) is 5.75 Å². The zero-order valence-corrected chi connectivity index (χ0v) is 13.4. The van der Waals surface area contributed by atoms with E-state index in [2.05, 4.69) is 18.3 Å². The summed E-state index contributed by atoms with van der Waals surface area (Å²) in [6, 6.07) is 6.40. The number of carbonyl (C=O) groups is 1. The van der Waals surface area contributed by atoms with Gasteiger partial charge in [0.05, 0.1) is 0 Å². The van der Waals surface area contributed by atoms with Crippen molar-refractivity contribution in [1.29, 1.82) is 0 Å². The van der Waals surface area contributed by atoms with Gasteiger partial charge in [-0.1, -0.05) is 25.5 Å². The molecule has 0 aliphatic heterocycles. The zero-order valence-electron chi connectivity index (χ0n) is 13.4. The van der Waals surface area contributed by atoms with E-state index < -0.39 is 6.10 Å². The highest BCUT2D eigenvalue weighted by Gasteiger charge is 2.20. The average Bonchev–Trinajstić information content (AvgIpc) is 2.47. The van der Waals surface area contributed by atoms with Gasteiger partial charge in [-0.25, -0.2) is 0 Å². The fourth-order valence-electron chi connectivity index (χ4n) is 2.97. The predicted octanol–water partition coefficient (Wildman–Crippen LogP) is 3.64. The lowest BCUT2D eigenvalue weighted by Gasteiger charge is -2.23. The van der Waals surface area contributed by atoms with E-state index in [1.807, 2.05) is 26.0 Å². The van der Waals surface area contributed by atoms with E-state index in [9.17, 15) is 4.79 Å². The largest absolute Gasteiger partial charge is 0.481 e. The second-order valence-electron chi connectivity index (χ2n) is 6.06. The van der Waals surface area contributed by atoms with Gasteiger partial charge in [0.1, 0.15) is 5.75 Å². The third-order valence-corrected chi connectivity index (χ3v) is 4.14. The molecule has 1 amide bonds. The van der Waals surface area contributed by atoms with Gasteiger partial charge in [-0.2, -0.15) is 0 Å². The van der Waals surface area contributed by atoms with Crippen molar-refractivity contribution < 1.29 is 9.53 Å². The highest BCUT2D eigenvalue weighted by atomic mass is 16.5. The second kappa shape index (κ2) is 7.48. The minimum absolute atomic E-state index is 0.0237. The fraction of sp³-hybridized carbons (Fsp3) is 0.611. The first kappa shape index (κ1) is 15.9. The van der Waals surface area contributed by atoms with Crippen molar-refractivity contribution >= 4 is 5.91 Å². The summed E-state index contributed by atoms with van der Waals surface area (Å²) < 4.78 is 5.94. The number of rotatable bonds is 6. The highest BCUT2D eigenvalue weighted by Crippen LogP contribution is 2.30. The number of ether oxygens (including phenoxy) is 1. The van der Waals surface area contributed by atoms with Gasteiger partial charge in [-0.3, -0.25) is 4.79 Å². The molecule has 0 saturated heterocycles. The third-order valence-electron chi connectivity index (χ3n) is 4.14. The Hall–Kier alpha value is -1.51. The quantitative estimate of drug-likeness (QED) is 0.868. The molecule has 1 aromatic carbocycles. The number of carbonyl (C=O) groups excluding carboxylic acids is 1. The Morgan fingerprint density at radius 2 is 2.05 bits per heavy atom. The summed E-state index contributed by atoms with van der Waals surface area (Å²) in [5, 5.41) is 3.02. The first-order valence-electron chi connectivity index (χ1n) is 8.19. The van der Waals surface area contributed by atoms with Crippen LogP contribution in [-0.2, 0) is 17.6 Å². The predicted molar refractivity (Wildman–Crippen MR) is 85.7 cm³/mol. The molecule has 116 valence electrons. The van der Waals surface area contributed by atoms with Crippen molar-refractivity contribution in [3.8, 4) is 5.75 Å². The van der Waals surface area contributed by atoms with Crippen molar-refractivity contribution in [3.05, 3.63) is 29.3 Å². The highest BCUT2D eigenvalue weighted by molar-refractivity contribution is 5.81. The van der Waals surface area contributed by atoms with Gasteiger partial charge < -0.3 is 10.1 Å². The SMILES string of the molecule is CCC[C@H](C)NC(=O)[C@H](C)Oc1cccc2c1CCCC2. The summed E-state index contributed by atoms with van der Waals surface area (Å²) in [5.74, 6) is 0.863. The molecule has 2 atom stereocenters. The van der Waals surface area contributed by atoms with E-state index in [-0.39, 0.29) is 11.9 Å². The molecule has 0 heterocycles. The number of hydrogen-bond donors (Lipinski definition) is 1. The van der Waals surface area contributed by atoms with E-state index in [1.54, 1.807) is 0 Å². The molecule has 1 N–H and O–H groups in total. The minimum Gasteiger partial charge on any atom is -0.481 e. The zero-order chi connectivity index (χ0) is 15.2. The normalized spacial score (nSPS) is 16.7. The van der Waals surface area contributed by atoms with Crippen LogP contribution in [0.2, 0.25) is 0 Å². The first-order valence-corrected chi connectivity index (χ1v) is 8.19. The molecule has 3 heteroatoms. The molecule has 3 nitrogen and oxygen atoms in total. The average molecular weight is 289 g/mol. The van der Waals surface area contributed by atoms with Crippen molar-refractivity contribution in [2.75, 3.05) is 0 Å². The molecular weight excluding hydrogens is 262 g/mol. The number of amides is 1. The van der Waals surface area contributed by atoms with Gasteiger partial charge >= 0.3 is 0 Å². The standard InChI is InChI=1S/C18H27NO2/c1-4-8-13(2)19-18(20)14(3)21-17-12-7-10-15-9-5-6-11-16(15)17/h7,10,12-14H,4-6,8-9,11H2,1-3H3,(H,19,20)/t13-,14-/m0/s1. The van der Waals surface area contributed by atoms with Crippen LogP contribution in [0.3, 0.4) is 0 Å². The van der Waals surface area contributed by atoms with Gasteiger partial charge in [0.25, 0.3) is 5.91 Å². The molecular formula is C18H27NO2. The van der Waals surface area contributed by atoms with Crippen LogP contribution in [0, 0.1) is 0 Å². The minimum atomic E-state index is -0.447. The summed E-state index contributed by atoms with van der Waals surface area (Å²) in [4.78, 5) is 12.2. The molecule has 0 fully saturated rings. The molecule has 21 heavy (non-hydrogen) atoms. The van der Waals surface area contributed by atoms with Crippen LogP contribution in [0.15, 0.2) is 18.2 Å². The molecule has 1 aliphatic carbocycles. The lowest BCUT2D eigenvalue weighted by atomic mass is 9.91. The van der Waals surface area contributed by atoms with E-state index in [4.69, 9.17) is 4.74 Å². The van der Waals surface area contributed by atoms with Crippen molar-refractivity contribution in [1.82, 2.24) is 5.32 Å². The van der Waals surface area contributed by atoms with Crippen LogP contribution in [-0.4, -0.2) is 18.1 Å². The maximum absolute atomic E-state index is 12.2. The molecule has 0 saturated carbocycles. The fourth-order valence-corrected chi connectivity index (χ4v) is 2.97. The number of hydrogen-bond acceptors (Lipinski definition) is 2. The summed E-state index contributed by atoms with van der Waals surface area (Å²) >= 11 is 0. The first-order chi connectivity index (χ1) is 10.1. The summed E-state index contributed by atoms with van der Waals surface area (Å²) in [7, 11) is 0. The van der Waals surface area contributed by atoms with Crippen LogP contribution in [0.1, 0.15) is 57.6 Å². The maximum Gasteiger partial charge on any atom is 0.260 e. The Labute approximate surface area is 128 Å². The lowest BCUT2D eigenvalue weighted by molar-refractivity contribution is -0.127. The smallest absolute Gasteiger partial charge is 0.260 e. The lowest BCUT2D eigenvalue weighted by Crippen LogP contribution is -2.41. The summed E-state index contributed by atoms with van der Waals surface area (Å²) in [6.07, 6.45) is 6.27. The van der Waals surface area contributed by atoms with E-state index in [0.29, 0.717) is 0 Å². The van der Waals surface area contributed by atoms with Crippen molar-refractivity contribution in [3.63, 3.8) is 0 Å². The van der Waals surface area contributed by atoms with Gasteiger partial charge in [-0.15, -0.1) is 0 Å². The molecule has 2 rings (SSSR count). The Kier molecular flexibility index (Phi) is 5.66. The number of aryl methyl sites for hydroxylation is 1. The van der Waals surface area contributed by atoms with Crippen LogP contribution < -0.4 is 10.1 Å². The Bertz CT molecular complexity index is 484. The Balaban J connectivity index is 1.99. The Morgan fingerprint density at radius 3 is 2.81 bits per heavy atom. The third kappa shape index (κ3) is 4.23. The van der Waals surface area contributed by atoms with Gasteiger partial charge in [0, 0.05) is 6.04 Å². The van der Waals surface area contributed by atoms with E-state index in [0.717, 1.165) is 31.4 Å². The van der Waals surface area contributed by atoms with E-state index >= 15 is 0 Å². The topological polar surface area (TPSA) is 38.3 Å². The van der Waals surface area contributed by atoms with E-state index in [1.165, 1.54) is 24.0 Å². The molecule has 0 unspecified atom stereocenters. The number of benzene rings is 1. The molecule has 0 aromatic heterocycles. The number of fused-ring (bicyclic) bond motifs is 1. The van der Waals surface area contributed by atoms with Crippen molar-refractivity contribution in [2.45, 2.75) is 71.4 Å². The second-order valence-corrected chi connectivity index (χ2v) is 6.06. The van der Waals surface area contributed by atoms with Crippen molar-refractivity contribution in [2.24, 2.45) is 0 Å². The maximum atomic E-state index is 12.2. The van der Waals surface area contributed by atoms with Gasteiger partial charge in [0.2, 0.25) is 0 Å². The monoisotopic (exact) mass is 289 g/mol. The molecule has 1 aromatic rings. The Morgan fingerprint density at radius 1 is 1.29 bits per heavy atom. The molecule has 0 spiro atoms. The summed E-state index contributed by atoms with van der Waals surface area (Å²) in [5.41, 5.74) is 2.68. The number of nitrogens with one attached hydrogen (secondary N) is 1. The van der Waals surface area contributed by atoms with Gasteiger partial charge in [0.15, 0.2) is 6.10 Å². The molecule has 0 bridgehead atoms. The molecule has 0 radical (unpaired) electrons.